The van der Waals surface area contributed by atoms with Crippen LogP contribution in [0.5, 0.6) is 5.75 Å². The van der Waals surface area contributed by atoms with Crippen LogP contribution < -0.4 is 10.1 Å². The van der Waals surface area contributed by atoms with Crippen LogP contribution in [0.15, 0.2) is 42.5 Å². The van der Waals surface area contributed by atoms with Crippen molar-refractivity contribution in [3.05, 3.63) is 58.6 Å². The Labute approximate surface area is 156 Å². The molecule has 0 aliphatic heterocycles. The normalized spacial score (nSPS) is 9.88. The van der Waals surface area contributed by atoms with Gasteiger partial charge in [0.2, 0.25) is 0 Å². The van der Waals surface area contributed by atoms with E-state index in [1.165, 1.54) is 12.1 Å². The van der Waals surface area contributed by atoms with Crippen LogP contribution in [0.1, 0.15) is 17.5 Å². The van der Waals surface area contributed by atoms with Gasteiger partial charge in [-0.25, -0.2) is 0 Å². The number of esters is 1. The van der Waals surface area contributed by atoms with Crippen LogP contribution >= 0.6 is 11.6 Å². The van der Waals surface area contributed by atoms with Gasteiger partial charge in [0.15, 0.2) is 6.61 Å². The molecule has 0 atom stereocenters. The molecular formula is C19H17ClN2O4. The van der Waals surface area contributed by atoms with Crippen LogP contribution in [0.25, 0.3) is 0 Å². The molecule has 2 aromatic carbocycles. The Morgan fingerprint density at radius 3 is 2.73 bits per heavy atom. The summed E-state index contributed by atoms with van der Waals surface area (Å²) in [5.41, 5.74) is 1.43. The molecule has 7 heteroatoms. The SMILES string of the molecule is COc1ccccc1CCC(=O)OCC(=O)Nc1cc(Cl)ccc1C#N. The maximum absolute atomic E-state index is 11.9. The van der Waals surface area contributed by atoms with Gasteiger partial charge in [-0.3, -0.25) is 9.59 Å². The van der Waals surface area contributed by atoms with Gasteiger partial charge in [-0.15, -0.1) is 0 Å². The van der Waals surface area contributed by atoms with Crippen molar-refractivity contribution >= 4 is 29.2 Å². The number of amides is 1. The molecule has 0 aromatic heterocycles. The highest BCUT2D eigenvalue weighted by atomic mass is 35.5. The number of carbonyl (C=O) groups is 2. The second kappa shape index (κ2) is 9.44. The predicted octanol–water partition coefficient (Wildman–Crippen LogP) is 3.33. The van der Waals surface area contributed by atoms with Gasteiger partial charge in [0.25, 0.3) is 5.91 Å². The van der Waals surface area contributed by atoms with Crippen LogP contribution in [0.4, 0.5) is 5.69 Å². The zero-order valence-corrected chi connectivity index (χ0v) is 14.9. The van der Waals surface area contributed by atoms with Crippen molar-refractivity contribution in [2.45, 2.75) is 12.8 Å². The molecular weight excluding hydrogens is 356 g/mol. The number of nitriles is 1. The number of benzene rings is 2. The fraction of sp³-hybridized carbons (Fsp3) is 0.211. The van der Waals surface area contributed by atoms with Gasteiger partial charge in [-0.1, -0.05) is 29.8 Å². The maximum Gasteiger partial charge on any atom is 0.306 e. The van der Waals surface area contributed by atoms with Crippen LogP contribution in [-0.4, -0.2) is 25.6 Å². The molecule has 0 aliphatic carbocycles. The van der Waals surface area contributed by atoms with E-state index in [1.807, 2.05) is 30.3 Å². The fourth-order valence-corrected chi connectivity index (χ4v) is 2.44. The first-order valence-corrected chi connectivity index (χ1v) is 8.18. The molecule has 0 bridgehead atoms. The highest BCUT2D eigenvalue weighted by molar-refractivity contribution is 6.31. The molecule has 0 fully saturated rings. The number of methoxy groups -OCH3 is 1. The van der Waals surface area contributed by atoms with E-state index >= 15 is 0 Å². The topological polar surface area (TPSA) is 88.4 Å². The van der Waals surface area contributed by atoms with Gasteiger partial charge >= 0.3 is 5.97 Å². The molecule has 0 aliphatic rings. The summed E-state index contributed by atoms with van der Waals surface area (Å²) in [6.07, 6.45) is 0.561. The monoisotopic (exact) mass is 372 g/mol. The third-order valence-electron chi connectivity index (χ3n) is 3.53. The summed E-state index contributed by atoms with van der Waals surface area (Å²) in [6.45, 7) is -0.442. The molecule has 0 saturated heterocycles. The average molecular weight is 373 g/mol. The number of carbonyl (C=O) groups excluding carboxylic acids is 2. The van der Waals surface area contributed by atoms with Crippen molar-refractivity contribution < 1.29 is 19.1 Å². The summed E-state index contributed by atoms with van der Waals surface area (Å²) >= 11 is 5.85. The summed E-state index contributed by atoms with van der Waals surface area (Å²) in [7, 11) is 1.56. The van der Waals surface area contributed by atoms with Crippen molar-refractivity contribution in [3.8, 4) is 11.8 Å². The van der Waals surface area contributed by atoms with Crippen molar-refractivity contribution in [1.29, 1.82) is 5.26 Å². The first kappa shape index (κ1) is 19.3. The number of nitrogens with zero attached hydrogens (tertiary/aromatic N) is 1. The minimum absolute atomic E-state index is 0.119. The molecule has 26 heavy (non-hydrogen) atoms. The highest BCUT2D eigenvalue weighted by Gasteiger charge is 2.12. The first-order chi connectivity index (χ1) is 12.5. The van der Waals surface area contributed by atoms with E-state index in [0.717, 1.165) is 5.56 Å². The minimum atomic E-state index is -0.547. The number of halogens is 1. The smallest absolute Gasteiger partial charge is 0.306 e. The molecule has 0 radical (unpaired) electrons. The Morgan fingerprint density at radius 2 is 2.00 bits per heavy atom. The van der Waals surface area contributed by atoms with Crippen molar-refractivity contribution in [2.75, 3.05) is 19.0 Å². The summed E-state index contributed by atoms with van der Waals surface area (Å²) in [6, 6.07) is 13.8. The number of hydrogen-bond acceptors (Lipinski definition) is 5. The molecule has 1 amide bonds. The summed E-state index contributed by atoms with van der Waals surface area (Å²) in [5, 5.41) is 11.9. The number of aryl methyl sites for hydroxylation is 1. The number of para-hydroxylation sites is 1. The van der Waals surface area contributed by atoms with Crippen LogP contribution in [-0.2, 0) is 20.7 Å². The Hall–Kier alpha value is -3.04. The number of ether oxygens (including phenoxy) is 2. The standard InChI is InChI=1S/C19H17ClN2O4/c1-25-17-5-3-2-4-13(17)7-9-19(24)26-12-18(23)22-16-10-15(20)8-6-14(16)11-21/h2-6,8,10H,7,9,12H2,1H3,(H,22,23). The van der Waals surface area contributed by atoms with Gasteiger partial charge < -0.3 is 14.8 Å². The molecule has 1 N–H and O–H groups in total. The number of anilines is 1. The molecule has 2 aromatic rings. The molecule has 0 saturated carbocycles. The van der Waals surface area contributed by atoms with E-state index < -0.39 is 18.5 Å². The van der Waals surface area contributed by atoms with Gasteiger partial charge in [0, 0.05) is 11.4 Å². The van der Waals surface area contributed by atoms with Gasteiger partial charge in [0.05, 0.1) is 18.4 Å². The lowest BCUT2D eigenvalue weighted by Crippen LogP contribution is -2.21. The van der Waals surface area contributed by atoms with E-state index in [9.17, 15) is 9.59 Å². The van der Waals surface area contributed by atoms with Crippen molar-refractivity contribution in [3.63, 3.8) is 0 Å². The third-order valence-corrected chi connectivity index (χ3v) is 3.77. The van der Waals surface area contributed by atoms with E-state index in [-0.39, 0.29) is 17.7 Å². The number of nitrogens with one attached hydrogen (secondary N) is 1. The second-order valence-electron chi connectivity index (χ2n) is 5.32. The lowest BCUT2D eigenvalue weighted by molar-refractivity contribution is -0.147. The van der Waals surface area contributed by atoms with Gasteiger partial charge in [0.1, 0.15) is 11.8 Å². The zero-order valence-electron chi connectivity index (χ0n) is 14.1. The average Bonchev–Trinajstić information content (AvgIpc) is 2.65. The Kier molecular flexibility index (Phi) is 7.01. The summed E-state index contributed by atoms with van der Waals surface area (Å²) < 4.78 is 10.2. The van der Waals surface area contributed by atoms with E-state index in [1.54, 1.807) is 13.2 Å². The summed E-state index contributed by atoms with van der Waals surface area (Å²) in [4.78, 5) is 23.7. The van der Waals surface area contributed by atoms with Crippen molar-refractivity contribution in [2.24, 2.45) is 0 Å². The van der Waals surface area contributed by atoms with Gasteiger partial charge in [-0.2, -0.15) is 5.26 Å². The predicted molar refractivity (Wildman–Crippen MR) is 97.1 cm³/mol. The molecule has 6 nitrogen and oxygen atoms in total. The Bertz CT molecular complexity index is 846. The number of rotatable bonds is 7. The van der Waals surface area contributed by atoms with E-state index in [0.29, 0.717) is 17.2 Å². The highest BCUT2D eigenvalue weighted by Crippen LogP contribution is 2.21. The quantitative estimate of drug-likeness (QED) is 0.753. The largest absolute Gasteiger partial charge is 0.496 e. The maximum atomic E-state index is 11.9. The lowest BCUT2D eigenvalue weighted by atomic mass is 10.1. The first-order valence-electron chi connectivity index (χ1n) is 7.80. The van der Waals surface area contributed by atoms with E-state index in [4.69, 9.17) is 26.3 Å². The molecule has 2 rings (SSSR count). The second-order valence-corrected chi connectivity index (χ2v) is 5.76. The van der Waals surface area contributed by atoms with E-state index in [2.05, 4.69) is 5.32 Å². The number of hydrogen-bond donors (Lipinski definition) is 1. The van der Waals surface area contributed by atoms with Crippen LogP contribution in [0.2, 0.25) is 5.02 Å². The lowest BCUT2D eigenvalue weighted by Gasteiger charge is -2.09. The zero-order chi connectivity index (χ0) is 18.9. The van der Waals surface area contributed by atoms with Crippen LogP contribution in [0.3, 0.4) is 0 Å². The fourth-order valence-electron chi connectivity index (χ4n) is 2.27. The molecule has 0 spiro atoms. The van der Waals surface area contributed by atoms with Crippen molar-refractivity contribution in [1.82, 2.24) is 0 Å². The molecule has 0 unspecified atom stereocenters. The van der Waals surface area contributed by atoms with Crippen LogP contribution in [0, 0.1) is 11.3 Å². The van der Waals surface area contributed by atoms with Gasteiger partial charge in [-0.05, 0) is 36.2 Å². The summed E-state index contributed by atoms with van der Waals surface area (Å²) in [5.74, 6) is -0.352. The molecule has 0 heterocycles. The Balaban J connectivity index is 1.83. The Morgan fingerprint density at radius 1 is 1.23 bits per heavy atom. The molecule has 134 valence electrons. The third kappa shape index (κ3) is 5.50. The minimum Gasteiger partial charge on any atom is -0.496 e.